The summed E-state index contributed by atoms with van der Waals surface area (Å²) >= 11 is 0. The van der Waals surface area contributed by atoms with Gasteiger partial charge in [0.1, 0.15) is 0 Å². The van der Waals surface area contributed by atoms with Gasteiger partial charge in [0.25, 0.3) is 0 Å². The molecule has 0 spiro atoms. The number of guanidine groups is 1. The van der Waals surface area contributed by atoms with Gasteiger partial charge < -0.3 is 15.7 Å². The number of nitrogens with zero attached hydrogens (tertiary/aromatic N) is 2. The summed E-state index contributed by atoms with van der Waals surface area (Å²) in [6.45, 7) is 11.6. The maximum absolute atomic E-state index is 9.95. The quantitative estimate of drug-likeness (QED) is 0.516. The second kappa shape index (κ2) is 8.88. The van der Waals surface area contributed by atoms with Crippen LogP contribution < -0.4 is 10.6 Å². The number of piperidine rings is 1. The number of hydrogen-bond acceptors (Lipinski definition) is 3. The van der Waals surface area contributed by atoms with E-state index in [2.05, 4.69) is 36.3 Å². The standard InChI is InChI=1S/C18H36N4O/c1-4-19-17(20-13-15-9-8-10-16(15)23)21-14-18(2,3)22-11-6-5-7-12-22/h15-16,23H,4-14H2,1-3H3,(H2,19,20,21). The van der Waals surface area contributed by atoms with E-state index < -0.39 is 0 Å². The second-order valence-corrected chi connectivity index (χ2v) is 7.69. The minimum atomic E-state index is -0.143. The molecule has 0 aromatic heterocycles. The van der Waals surface area contributed by atoms with Crippen molar-refractivity contribution in [3.05, 3.63) is 0 Å². The lowest BCUT2D eigenvalue weighted by molar-refractivity contribution is 0.102. The van der Waals surface area contributed by atoms with Crippen LogP contribution >= 0.6 is 0 Å². The summed E-state index contributed by atoms with van der Waals surface area (Å²) in [4.78, 5) is 7.39. The Bertz CT molecular complexity index is 377. The Morgan fingerprint density at radius 3 is 2.48 bits per heavy atom. The van der Waals surface area contributed by atoms with Crippen molar-refractivity contribution in [1.82, 2.24) is 15.5 Å². The first-order valence-electron chi connectivity index (χ1n) is 9.48. The number of rotatable bonds is 6. The molecule has 134 valence electrons. The summed E-state index contributed by atoms with van der Waals surface area (Å²) in [6.07, 6.45) is 7.05. The first-order valence-corrected chi connectivity index (χ1v) is 9.48. The van der Waals surface area contributed by atoms with Crippen molar-refractivity contribution < 1.29 is 5.11 Å². The third kappa shape index (κ3) is 5.64. The van der Waals surface area contributed by atoms with E-state index in [4.69, 9.17) is 4.99 Å². The van der Waals surface area contributed by atoms with Gasteiger partial charge in [-0.15, -0.1) is 0 Å². The molecule has 5 nitrogen and oxygen atoms in total. The van der Waals surface area contributed by atoms with Gasteiger partial charge >= 0.3 is 0 Å². The molecule has 2 unspecified atom stereocenters. The Kier molecular flexibility index (Phi) is 7.15. The summed E-state index contributed by atoms with van der Waals surface area (Å²) in [5, 5.41) is 16.7. The Morgan fingerprint density at radius 2 is 1.87 bits per heavy atom. The fraction of sp³-hybridized carbons (Fsp3) is 0.944. The van der Waals surface area contributed by atoms with Gasteiger partial charge in [0.15, 0.2) is 5.96 Å². The van der Waals surface area contributed by atoms with Crippen LogP contribution in [0.2, 0.25) is 0 Å². The van der Waals surface area contributed by atoms with Gasteiger partial charge in [-0.3, -0.25) is 9.89 Å². The molecule has 0 amide bonds. The molecule has 1 saturated carbocycles. The van der Waals surface area contributed by atoms with Crippen LogP contribution in [0.3, 0.4) is 0 Å². The molecule has 0 radical (unpaired) electrons. The van der Waals surface area contributed by atoms with Crippen molar-refractivity contribution in [2.45, 2.75) is 70.9 Å². The normalized spacial score (nSPS) is 27.2. The highest BCUT2D eigenvalue weighted by Gasteiger charge is 2.28. The number of aliphatic hydroxyl groups is 1. The van der Waals surface area contributed by atoms with Gasteiger partial charge in [-0.2, -0.15) is 0 Å². The van der Waals surface area contributed by atoms with Gasteiger partial charge in [0, 0.05) is 24.5 Å². The van der Waals surface area contributed by atoms with E-state index in [0.717, 1.165) is 44.9 Å². The average molecular weight is 325 g/mol. The van der Waals surface area contributed by atoms with E-state index in [-0.39, 0.29) is 11.6 Å². The van der Waals surface area contributed by atoms with Crippen LogP contribution in [0.15, 0.2) is 4.99 Å². The zero-order chi connectivity index (χ0) is 16.7. The van der Waals surface area contributed by atoms with Crippen molar-refractivity contribution in [1.29, 1.82) is 0 Å². The number of nitrogens with one attached hydrogen (secondary N) is 2. The highest BCUT2D eigenvalue weighted by Crippen LogP contribution is 2.24. The lowest BCUT2D eigenvalue weighted by Gasteiger charge is -2.40. The zero-order valence-electron chi connectivity index (χ0n) is 15.3. The topological polar surface area (TPSA) is 59.9 Å². The van der Waals surface area contributed by atoms with Crippen LogP contribution in [-0.4, -0.2) is 60.3 Å². The van der Waals surface area contributed by atoms with E-state index >= 15 is 0 Å². The van der Waals surface area contributed by atoms with Crippen molar-refractivity contribution in [2.75, 3.05) is 32.7 Å². The highest BCUT2D eigenvalue weighted by molar-refractivity contribution is 5.79. The minimum Gasteiger partial charge on any atom is -0.393 e. The number of likely N-dealkylation sites (tertiary alicyclic amines) is 1. The van der Waals surface area contributed by atoms with Gasteiger partial charge in [0.2, 0.25) is 0 Å². The highest BCUT2D eigenvalue weighted by atomic mass is 16.3. The molecule has 1 saturated heterocycles. The molecule has 5 heteroatoms. The Hall–Kier alpha value is -0.810. The Labute approximate surface area is 141 Å². The van der Waals surface area contributed by atoms with Crippen molar-refractivity contribution >= 4 is 5.96 Å². The largest absolute Gasteiger partial charge is 0.393 e. The molecular formula is C18H36N4O. The van der Waals surface area contributed by atoms with Crippen molar-refractivity contribution in [2.24, 2.45) is 10.9 Å². The smallest absolute Gasteiger partial charge is 0.191 e. The Morgan fingerprint density at radius 1 is 1.13 bits per heavy atom. The zero-order valence-corrected chi connectivity index (χ0v) is 15.3. The minimum absolute atomic E-state index is 0.107. The van der Waals surface area contributed by atoms with Gasteiger partial charge in [-0.05, 0) is 59.5 Å². The van der Waals surface area contributed by atoms with Crippen molar-refractivity contribution in [3.63, 3.8) is 0 Å². The molecule has 2 atom stereocenters. The third-order valence-corrected chi connectivity index (χ3v) is 5.33. The summed E-state index contributed by atoms with van der Waals surface area (Å²) in [5.74, 6) is 1.26. The third-order valence-electron chi connectivity index (χ3n) is 5.33. The van der Waals surface area contributed by atoms with E-state index in [1.165, 1.54) is 32.4 Å². The average Bonchev–Trinajstić information content (AvgIpc) is 2.96. The molecule has 2 aliphatic rings. The van der Waals surface area contributed by atoms with Crippen LogP contribution in [0.25, 0.3) is 0 Å². The number of hydrogen-bond donors (Lipinski definition) is 3. The van der Waals surface area contributed by atoms with Crippen LogP contribution in [0.1, 0.15) is 59.3 Å². The molecule has 0 bridgehead atoms. The first-order chi connectivity index (χ1) is 11.0. The molecule has 3 N–H and O–H groups in total. The number of aliphatic imine (C=N–C) groups is 1. The van der Waals surface area contributed by atoms with E-state index in [0.29, 0.717) is 5.92 Å². The summed E-state index contributed by atoms with van der Waals surface area (Å²) in [6, 6.07) is 0. The summed E-state index contributed by atoms with van der Waals surface area (Å²) < 4.78 is 0. The molecule has 2 fully saturated rings. The van der Waals surface area contributed by atoms with Crippen LogP contribution in [-0.2, 0) is 0 Å². The molecular weight excluding hydrogens is 288 g/mol. The van der Waals surface area contributed by atoms with Crippen LogP contribution in [0.4, 0.5) is 0 Å². The monoisotopic (exact) mass is 324 g/mol. The molecule has 1 aliphatic heterocycles. The first kappa shape index (κ1) is 18.5. The predicted molar refractivity (Wildman–Crippen MR) is 96.8 cm³/mol. The van der Waals surface area contributed by atoms with Gasteiger partial charge in [-0.25, -0.2) is 0 Å². The fourth-order valence-corrected chi connectivity index (χ4v) is 3.70. The Balaban J connectivity index is 1.86. The molecule has 23 heavy (non-hydrogen) atoms. The molecule has 0 aromatic rings. The second-order valence-electron chi connectivity index (χ2n) is 7.69. The molecule has 1 aliphatic carbocycles. The van der Waals surface area contributed by atoms with Crippen LogP contribution in [0.5, 0.6) is 0 Å². The maximum atomic E-state index is 9.95. The predicted octanol–water partition coefficient (Wildman–Crippen LogP) is 1.97. The van der Waals surface area contributed by atoms with E-state index in [1.807, 2.05) is 0 Å². The van der Waals surface area contributed by atoms with Crippen LogP contribution in [0, 0.1) is 5.92 Å². The lowest BCUT2D eigenvalue weighted by Crippen LogP contribution is -2.50. The van der Waals surface area contributed by atoms with Gasteiger partial charge in [-0.1, -0.05) is 12.8 Å². The molecule has 0 aromatic carbocycles. The molecule has 1 heterocycles. The number of aliphatic hydroxyl groups excluding tert-OH is 1. The molecule has 2 rings (SSSR count). The summed E-state index contributed by atoms with van der Waals surface area (Å²) in [7, 11) is 0. The SMILES string of the molecule is CCNC(=NCC(C)(C)N1CCCCC1)NCC1CCCC1O. The fourth-order valence-electron chi connectivity index (χ4n) is 3.70. The van der Waals surface area contributed by atoms with E-state index in [1.54, 1.807) is 0 Å². The van der Waals surface area contributed by atoms with Gasteiger partial charge in [0.05, 0.1) is 12.6 Å². The lowest BCUT2D eigenvalue weighted by atomic mass is 9.99. The summed E-state index contributed by atoms with van der Waals surface area (Å²) in [5.41, 5.74) is 0.107. The van der Waals surface area contributed by atoms with Crippen molar-refractivity contribution in [3.8, 4) is 0 Å². The van der Waals surface area contributed by atoms with E-state index in [9.17, 15) is 5.11 Å². The maximum Gasteiger partial charge on any atom is 0.191 e.